The lowest BCUT2D eigenvalue weighted by atomic mass is 9.93. The van der Waals surface area contributed by atoms with Crippen LogP contribution in [0.4, 0.5) is 22.8 Å². The molecule has 2 saturated heterocycles. The summed E-state index contributed by atoms with van der Waals surface area (Å²) in [5.41, 5.74) is 4.44. The Hall–Kier alpha value is -5.85. The number of imidazole rings is 2. The molecule has 2 aromatic heterocycles. The van der Waals surface area contributed by atoms with Crippen LogP contribution in [0.5, 0.6) is 0 Å². The molecule has 3 aromatic carbocycles. The second-order valence-corrected chi connectivity index (χ2v) is 16.9. The summed E-state index contributed by atoms with van der Waals surface area (Å²) in [6.07, 6.45) is 3.53. The van der Waals surface area contributed by atoms with Crippen LogP contribution in [0.1, 0.15) is 113 Å². The topological polar surface area (TPSA) is 116 Å². The number of rotatable bonds is 7. The van der Waals surface area contributed by atoms with E-state index in [1.54, 1.807) is 22.2 Å². The second kappa shape index (κ2) is 15.8. The van der Waals surface area contributed by atoms with E-state index < -0.39 is 22.9 Å². The molecule has 58 heavy (non-hydrogen) atoms. The van der Waals surface area contributed by atoms with Gasteiger partial charge >= 0.3 is 18.4 Å². The summed E-state index contributed by atoms with van der Waals surface area (Å²) in [6.45, 7) is 12.3. The van der Waals surface area contributed by atoms with E-state index in [1.165, 1.54) is 12.1 Å². The molecule has 304 valence electrons. The molecule has 2 N–H and O–H groups in total. The van der Waals surface area contributed by atoms with Gasteiger partial charge in [0, 0.05) is 13.1 Å². The molecule has 2 amide bonds. The Kier molecular flexibility index (Phi) is 11.0. The number of aromatic nitrogens is 4. The predicted octanol–water partition coefficient (Wildman–Crippen LogP) is 11.2. The van der Waals surface area contributed by atoms with Gasteiger partial charge in [0.25, 0.3) is 0 Å². The number of likely N-dealkylation sites (tertiary alicyclic amines) is 2. The maximum Gasteiger partial charge on any atom is 0.416 e. The summed E-state index contributed by atoms with van der Waals surface area (Å²) >= 11 is 0. The number of benzene rings is 3. The average molecular weight is 795 g/mol. The van der Waals surface area contributed by atoms with Gasteiger partial charge in [-0.2, -0.15) is 13.2 Å². The predicted molar refractivity (Wildman–Crippen MR) is 216 cm³/mol. The SMILES string of the molecule is CC(C)(C)OC(=O)N1CCC[C@H]1c1ncc(-c2ccc(C=C(c3ccc(-c4cnc([C@@H]5CCCN5C(=O)OC(C)(C)C)[nH]4)cc3)c3ccc(C(F)(F)F)cc3)cc2)[nH]1. The number of carbonyl (C=O) groups excluding carboxylic acids is 2. The number of hydrogen-bond donors (Lipinski definition) is 2. The molecule has 2 fully saturated rings. The van der Waals surface area contributed by atoms with Crippen LogP contribution in [0, 0.1) is 0 Å². The van der Waals surface area contributed by atoms with Crippen molar-refractivity contribution in [3.05, 3.63) is 119 Å². The molecule has 2 aliphatic rings. The summed E-state index contributed by atoms with van der Waals surface area (Å²) < 4.78 is 51.8. The summed E-state index contributed by atoms with van der Waals surface area (Å²) in [5.74, 6) is 1.38. The minimum atomic E-state index is -4.45. The molecule has 7 rings (SSSR count). The van der Waals surface area contributed by atoms with Crippen molar-refractivity contribution in [2.75, 3.05) is 13.1 Å². The number of nitrogens with one attached hydrogen (secondary N) is 2. The lowest BCUT2D eigenvalue weighted by molar-refractivity contribution is -0.137. The van der Waals surface area contributed by atoms with Crippen molar-refractivity contribution in [2.24, 2.45) is 0 Å². The van der Waals surface area contributed by atoms with Gasteiger partial charge in [0.15, 0.2) is 0 Å². The van der Waals surface area contributed by atoms with Crippen molar-refractivity contribution in [1.82, 2.24) is 29.7 Å². The van der Waals surface area contributed by atoms with Crippen LogP contribution in [-0.2, 0) is 15.7 Å². The molecule has 0 bridgehead atoms. The van der Waals surface area contributed by atoms with Crippen LogP contribution in [0.25, 0.3) is 34.2 Å². The van der Waals surface area contributed by atoms with Gasteiger partial charge in [0.2, 0.25) is 0 Å². The maximum atomic E-state index is 13.5. The van der Waals surface area contributed by atoms with Crippen LogP contribution in [0.15, 0.2) is 85.2 Å². The van der Waals surface area contributed by atoms with Crippen LogP contribution in [-0.4, -0.2) is 66.2 Å². The number of aromatic amines is 2. The maximum absolute atomic E-state index is 13.5. The third kappa shape index (κ3) is 9.30. The fourth-order valence-electron chi connectivity index (χ4n) is 7.41. The number of ether oxygens (including phenoxy) is 2. The average Bonchev–Trinajstić information content (AvgIpc) is 3.99. The molecular weight excluding hydrogens is 746 g/mol. The highest BCUT2D eigenvalue weighted by atomic mass is 19.4. The normalized spacial score (nSPS) is 17.8. The summed E-state index contributed by atoms with van der Waals surface area (Å²) in [7, 11) is 0. The first kappa shape index (κ1) is 40.4. The van der Waals surface area contributed by atoms with Gasteiger partial charge in [-0.05, 0) is 119 Å². The quantitative estimate of drug-likeness (QED) is 0.158. The second-order valence-electron chi connectivity index (χ2n) is 16.9. The zero-order valence-corrected chi connectivity index (χ0v) is 33.6. The minimum absolute atomic E-state index is 0.208. The smallest absolute Gasteiger partial charge is 0.416 e. The molecule has 2 atom stereocenters. The molecule has 0 unspecified atom stereocenters. The van der Waals surface area contributed by atoms with Crippen LogP contribution >= 0.6 is 0 Å². The number of H-pyrrole nitrogens is 2. The molecule has 5 aromatic rings. The molecule has 10 nitrogen and oxygen atoms in total. The van der Waals surface area contributed by atoms with E-state index in [4.69, 9.17) is 9.47 Å². The van der Waals surface area contributed by atoms with Crippen molar-refractivity contribution in [2.45, 2.75) is 96.7 Å². The van der Waals surface area contributed by atoms with Crippen molar-refractivity contribution in [1.29, 1.82) is 0 Å². The van der Waals surface area contributed by atoms with Gasteiger partial charge in [-0.1, -0.05) is 60.7 Å². The first-order chi connectivity index (χ1) is 27.4. The van der Waals surface area contributed by atoms with Gasteiger partial charge in [0.05, 0.1) is 41.4 Å². The fraction of sp³-hybridized carbons (Fsp3) is 0.378. The van der Waals surface area contributed by atoms with Gasteiger partial charge < -0.3 is 19.4 Å². The van der Waals surface area contributed by atoms with Gasteiger partial charge in [0.1, 0.15) is 22.9 Å². The lowest BCUT2D eigenvalue weighted by Crippen LogP contribution is -2.36. The Balaban J connectivity index is 1.13. The molecule has 13 heteroatoms. The highest BCUT2D eigenvalue weighted by Gasteiger charge is 2.36. The highest BCUT2D eigenvalue weighted by molar-refractivity contribution is 5.92. The van der Waals surface area contributed by atoms with E-state index in [1.807, 2.05) is 96.1 Å². The number of nitrogens with zero attached hydrogens (tertiary/aromatic N) is 4. The third-order valence-corrected chi connectivity index (χ3v) is 10.1. The first-order valence-electron chi connectivity index (χ1n) is 19.6. The van der Waals surface area contributed by atoms with Crippen molar-refractivity contribution >= 4 is 23.8 Å². The van der Waals surface area contributed by atoms with E-state index >= 15 is 0 Å². The Morgan fingerprint density at radius 1 is 0.655 bits per heavy atom. The fourth-order valence-corrected chi connectivity index (χ4v) is 7.41. The van der Waals surface area contributed by atoms with E-state index in [0.29, 0.717) is 30.3 Å². The zero-order valence-electron chi connectivity index (χ0n) is 33.6. The molecule has 0 spiro atoms. The molecule has 2 aliphatic heterocycles. The lowest BCUT2D eigenvalue weighted by Gasteiger charge is -2.27. The Morgan fingerprint density at radius 3 is 1.48 bits per heavy atom. The largest absolute Gasteiger partial charge is 0.444 e. The molecule has 4 heterocycles. The van der Waals surface area contributed by atoms with Crippen molar-refractivity contribution < 1.29 is 32.2 Å². The molecular formula is C45H49F3N6O4. The van der Waals surface area contributed by atoms with Gasteiger partial charge in [-0.15, -0.1) is 0 Å². The van der Waals surface area contributed by atoms with Crippen LogP contribution < -0.4 is 0 Å². The standard InChI is InChI=1S/C45H49F3N6O4/c1-43(2,3)57-41(55)53-23-7-9-37(53)39-49-26-35(51-39)31-13-11-28(12-14-31)25-34(30-19-21-33(22-20-30)45(46,47)48)29-15-17-32(18-16-29)36-27-50-40(52-36)38-10-8-24-54(38)42(56)58-44(4,5)6/h11-22,25-27,37-38H,7-10,23-24H2,1-6H3,(H,49,51)(H,50,52)/t37-,38-/m0/s1. The minimum Gasteiger partial charge on any atom is -0.444 e. The molecule has 0 saturated carbocycles. The van der Waals surface area contributed by atoms with E-state index in [9.17, 15) is 22.8 Å². The number of halogens is 3. The van der Waals surface area contributed by atoms with E-state index in [-0.39, 0.29) is 24.3 Å². The molecule has 0 aliphatic carbocycles. The van der Waals surface area contributed by atoms with Gasteiger partial charge in [-0.25, -0.2) is 19.6 Å². The third-order valence-electron chi connectivity index (χ3n) is 10.1. The Bertz CT molecular complexity index is 2260. The van der Waals surface area contributed by atoms with Gasteiger partial charge in [-0.3, -0.25) is 9.80 Å². The highest BCUT2D eigenvalue weighted by Crippen LogP contribution is 2.36. The first-order valence-corrected chi connectivity index (χ1v) is 19.6. The van der Waals surface area contributed by atoms with Crippen molar-refractivity contribution in [3.8, 4) is 22.5 Å². The Labute approximate surface area is 336 Å². The summed E-state index contributed by atoms with van der Waals surface area (Å²) in [5, 5.41) is 0. The number of alkyl halides is 3. The van der Waals surface area contributed by atoms with E-state index in [0.717, 1.165) is 77.0 Å². The number of hydrogen-bond acceptors (Lipinski definition) is 6. The zero-order chi connectivity index (χ0) is 41.4. The number of amides is 2. The van der Waals surface area contributed by atoms with E-state index in [2.05, 4.69) is 19.9 Å². The van der Waals surface area contributed by atoms with Crippen LogP contribution in [0.3, 0.4) is 0 Å². The monoisotopic (exact) mass is 794 g/mol. The summed E-state index contributed by atoms with van der Waals surface area (Å²) in [6, 6.07) is 20.3. The van der Waals surface area contributed by atoms with Crippen LogP contribution in [0.2, 0.25) is 0 Å². The van der Waals surface area contributed by atoms with Crippen molar-refractivity contribution in [3.63, 3.8) is 0 Å². The Morgan fingerprint density at radius 2 is 1.07 bits per heavy atom. The summed E-state index contributed by atoms with van der Waals surface area (Å²) in [4.78, 5) is 45.3. The molecule has 0 radical (unpaired) electrons. The number of carbonyl (C=O) groups is 2.